The number of carboxylic acids is 2. The fourth-order valence-corrected chi connectivity index (χ4v) is 4.12. The van der Waals surface area contributed by atoms with Gasteiger partial charge in [0.2, 0.25) is 11.8 Å². The summed E-state index contributed by atoms with van der Waals surface area (Å²) in [5.74, 6) is -1.73. The van der Waals surface area contributed by atoms with Crippen molar-refractivity contribution in [3.8, 4) is 0 Å². The summed E-state index contributed by atoms with van der Waals surface area (Å²) >= 11 is 0. The van der Waals surface area contributed by atoms with E-state index in [4.69, 9.17) is 10.2 Å². The first-order valence-corrected chi connectivity index (χ1v) is 14.7. The van der Waals surface area contributed by atoms with Gasteiger partial charge in [-0.3, -0.25) is 29.0 Å². The molecule has 2 amide bonds. The van der Waals surface area contributed by atoms with Crippen LogP contribution in [0.25, 0.3) is 0 Å². The van der Waals surface area contributed by atoms with Gasteiger partial charge in [-0.05, 0) is 12.8 Å². The molecule has 0 aromatic carbocycles. The number of amides is 2. The van der Waals surface area contributed by atoms with Crippen LogP contribution in [-0.2, 0) is 19.2 Å². The monoisotopic (exact) mass is 542 g/mol. The molecule has 0 aliphatic heterocycles. The van der Waals surface area contributed by atoms with Gasteiger partial charge in [0.1, 0.15) is 0 Å². The van der Waals surface area contributed by atoms with Crippen molar-refractivity contribution in [2.24, 2.45) is 0 Å². The van der Waals surface area contributed by atoms with E-state index in [0.717, 1.165) is 38.5 Å². The van der Waals surface area contributed by atoms with Crippen LogP contribution in [0.15, 0.2) is 0 Å². The molecule has 10 nitrogen and oxygen atoms in total. The summed E-state index contributed by atoms with van der Waals surface area (Å²) in [5, 5.41) is 24.1. The second-order valence-corrected chi connectivity index (χ2v) is 10.00. The summed E-state index contributed by atoms with van der Waals surface area (Å²) in [6.45, 7) is 8.04. The Balaban J connectivity index is 4.55. The van der Waals surface area contributed by atoms with E-state index in [2.05, 4.69) is 24.5 Å². The molecule has 38 heavy (non-hydrogen) atoms. The van der Waals surface area contributed by atoms with Crippen LogP contribution in [0.1, 0.15) is 104 Å². The van der Waals surface area contributed by atoms with E-state index < -0.39 is 11.9 Å². The standard InChI is InChI=1S/C28H54N4O6/c1-3-5-7-9-11-13-25(33)29-17-21-31(19-15-27(35)36)23-24-32(20-16-28(37)38)22-18-30-26(34)14-12-10-8-6-4-2/h3-24H2,1-2H3,(H,29,33)(H,30,34)(H,35,36)(H,37,38). The molecule has 0 aromatic rings. The molecule has 0 bridgehead atoms. The minimum absolute atomic E-state index is 0.00514. The van der Waals surface area contributed by atoms with Crippen LogP contribution in [-0.4, -0.2) is 96.1 Å². The first-order chi connectivity index (χ1) is 18.3. The molecule has 0 spiro atoms. The maximum absolute atomic E-state index is 12.1. The number of nitrogens with one attached hydrogen (secondary N) is 2. The summed E-state index contributed by atoms with van der Waals surface area (Å²) in [4.78, 5) is 50.4. The lowest BCUT2D eigenvalue weighted by molar-refractivity contribution is -0.138. The topological polar surface area (TPSA) is 139 Å². The molecule has 0 saturated carbocycles. The molecule has 4 N–H and O–H groups in total. The summed E-state index contributed by atoms with van der Waals surface area (Å²) < 4.78 is 0. The van der Waals surface area contributed by atoms with Gasteiger partial charge in [0.05, 0.1) is 12.8 Å². The van der Waals surface area contributed by atoms with Crippen molar-refractivity contribution in [3.63, 3.8) is 0 Å². The Morgan fingerprint density at radius 1 is 0.500 bits per heavy atom. The molecular formula is C28H54N4O6. The molecule has 0 saturated heterocycles. The van der Waals surface area contributed by atoms with Gasteiger partial charge in [0.15, 0.2) is 0 Å². The number of hydrogen-bond donors (Lipinski definition) is 4. The maximum Gasteiger partial charge on any atom is 0.304 e. The van der Waals surface area contributed by atoms with Crippen molar-refractivity contribution in [3.05, 3.63) is 0 Å². The highest BCUT2D eigenvalue weighted by atomic mass is 16.4. The zero-order chi connectivity index (χ0) is 28.4. The lowest BCUT2D eigenvalue weighted by Crippen LogP contribution is -2.43. The van der Waals surface area contributed by atoms with Gasteiger partial charge in [0, 0.05) is 65.2 Å². The Bertz CT molecular complexity index is 593. The quantitative estimate of drug-likeness (QED) is 0.116. The van der Waals surface area contributed by atoms with E-state index in [9.17, 15) is 19.2 Å². The maximum atomic E-state index is 12.1. The van der Waals surface area contributed by atoms with Crippen LogP contribution in [0.5, 0.6) is 0 Å². The van der Waals surface area contributed by atoms with Gasteiger partial charge in [-0.2, -0.15) is 0 Å². The highest BCUT2D eigenvalue weighted by molar-refractivity contribution is 5.76. The van der Waals surface area contributed by atoms with Crippen molar-refractivity contribution in [1.29, 1.82) is 0 Å². The Labute approximate surface area is 229 Å². The van der Waals surface area contributed by atoms with Crippen LogP contribution in [0.4, 0.5) is 0 Å². The van der Waals surface area contributed by atoms with Gasteiger partial charge >= 0.3 is 11.9 Å². The fraction of sp³-hybridized carbons (Fsp3) is 0.857. The predicted molar refractivity (Wildman–Crippen MR) is 150 cm³/mol. The van der Waals surface area contributed by atoms with Gasteiger partial charge in [-0.25, -0.2) is 0 Å². The minimum Gasteiger partial charge on any atom is -0.481 e. The van der Waals surface area contributed by atoms with Crippen LogP contribution in [0, 0.1) is 0 Å². The number of carbonyl (C=O) groups excluding carboxylic acids is 2. The molecule has 0 heterocycles. The van der Waals surface area contributed by atoms with Crippen molar-refractivity contribution in [1.82, 2.24) is 20.4 Å². The molecule has 222 valence electrons. The lowest BCUT2D eigenvalue weighted by atomic mass is 10.1. The SMILES string of the molecule is CCCCCCCC(=O)NCCN(CCC(=O)O)CCN(CCNC(=O)CCCCCCC)CCC(=O)O. The predicted octanol–water partition coefficient (Wildman–Crippen LogP) is 3.49. The van der Waals surface area contributed by atoms with Gasteiger partial charge in [-0.1, -0.05) is 65.2 Å². The van der Waals surface area contributed by atoms with Crippen LogP contribution >= 0.6 is 0 Å². The summed E-state index contributed by atoms with van der Waals surface area (Å²) in [7, 11) is 0. The Hall–Kier alpha value is -2.20. The van der Waals surface area contributed by atoms with Crippen LogP contribution in [0.2, 0.25) is 0 Å². The molecule has 0 aliphatic rings. The molecule has 0 aliphatic carbocycles. The van der Waals surface area contributed by atoms with E-state index in [0.29, 0.717) is 65.2 Å². The van der Waals surface area contributed by atoms with Crippen LogP contribution in [0.3, 0.4) is 0 Å². The molecule has 10 heteroatoms. The van der Waals surface area contributed by atoms with Crippen molar-refractivity contribution >= 4 is 23.8 Å². The number of nitrogens with zero attached hydrogens (tertiary/aromatic N) is 2. The molecular weight excluding hydrogens is 488 g/mol. The van der Waals surface area contributed by atoms with Crippen molar-refractivity contribution in [2.45, 2.75) is 104 Å². The summed E-state index contributed by atoms with van der Waals surface area (Å²) in [6, 6.07) is 0. The number of unbranched alkanes of at least 4 members (excludes halogenated alkanes) is 8. The first kappa shape index (κ1) is 35.8. The highest BCUT2D eigenvalue weighted by Crippen LogP contribution is 2.06. The molecule has 0 radical (unpaired) electrons. The molecule has 0 rings (SSSR count). The summed E-state index contributed by atoms with van der Waals surface area (Å²) in [5.41, 5.74) is 0. The molecule has 0 fully saturated rings. The van der Waals surface area contributed by atoms with Crippen molar-refractivity contribution < 1.29 is 29.4 Å². The highest BCUT2D eigenvalue weighted by Gasteiger charge is 2.13. The second kappa shape index (κ2) is 25.1. The largest absolute Gasteiger partial charge is 0.481 e. The average molecular weight is 543 g/mol. The first-order valence-electron chi connectivity index (χ1n) is 14.7. The Morgan fingerprint density at radius 2 is 0.868 bits per heavy atom. The van der Waals surface area contributed by atoms with E-state index >= 15 is 0 Å². The third kappa shape index (κ3) is 24.2. The van der Waals surface area contributed by atoms with E-state index in [1.165, 1.54) is 25.7 Å². The van der Waals surface area contributed by atoms with Gasteiger partial charge < -0.3 is 20.8 Å². The zero-order valence-corrected chi connectivity index (χ0v) is 24.0. The smallest absolute Gasteiger partial charge is 0.304 e. The Morgan fingerprint density at radius 3 is 1.21 bits per heavy atom. The molecule has 0 aromatic heterocycles. The average Bonchev–Trinajstić information content (AvgIpc) is 2.87. The van der Waals surface area contributed by atoms with Crippen LogP contribution < -0.4 is 10.6 Å². The lowest BCUT2D eigenvalue weighted by Gasteiger charge is -2.27. The van der Waals surface area contributed by atoms with E-state index in [1.54, 1.807) is 0 Å². The van der Waals surface area contributed by atoms with Crippen molar-refractivity contribution in [2.75, 3.05) is 52.4 Å². The number of carbonyl (C=O) groups is 4. The summed E-state index contributed by atoms with van der Waals surface area (Å²) in [6.07, 6.45) is 11.9. The number of carboxylic acid groups (broad SMARTS) is 2. The third-order valence-corrected chi connectivity index (χ3v) is 6.53. The molecule has 0 atom stereocenters. The number of hydrogen-bond acceptors (Lipinski definition) is 6. The number of aliphatic carboxylic acids is 2. The van der Waals surface area contributed by atoms with Gasteiger partial charge in [0.25, 0.3) is 0 Å². The normalized spacial score (nSPS) is 11.2. The Kier molecular flexibility index (Phi) is 23.6. The number of rotatable bonds is 27. The fourth-order valence-electron chi connectivity index (χ4n) is 4.12. The van der Waals surface area contributed by atoms with Gasteiger partial charge in [-0.15, -0.1) is 0 Å². The zero-order valence-electron chi connectivity index (χ0n) is 24.0. The minimum atomic E-state index is -0.883. The second-order valence-electron chi connectivity index (χ2n) is 10.00. The third-order valence-electron chi connectivity index (χ3n) is 6.53. The van der Waals surface area contributed by atoms with E-state index in [-0.39, 0.29) is 24.7 Å². The van der Waals surface area contributed by atoms with E-state index in [1.807, 2.05) is 9.80 Å². The molecule has 0 unspecified atom stereocenters.